The Balaban J connectivity index is 2.53. The lowest BCUT2D eigenvalue weighted by atomic mass is 10.0. The Morgan fingerprint density at radius 2 is 1.70 bits per heavy atom. The van der Waals surface area contributed by atoms with Crippen LogP contribution in [0.3, 0.4) is 0 Å². The summed E-state index contributed by atoms with van der Waals surface area (Å²) in [6, 6.07) is 12.7. The first-order valence-electron chi connectivity index (χ1n) is 6.40. The Bertz CT molecular complexity index is 718. The van der Waals surface area contributed by atoms with Crippen LogP contribution in [0.25, 0.3) is 10.8 Å². The first-order chi connectivity index (χ1) is 9.24. The molecule has 0 aromatic heterocycles. The molecule has 0 spiro atoms. The van der Waals surface area contributed by atoms with Gasteiger partial charge in [0.05, 0.1) is 4.90 Å². The summed E-state index contributed by atoms with van der Waals surface area (Å²) in [4.78, 5) is 0.279. The molecule has 0 saturated heterocycles. The molecule has 5 heteroatoms. The number of benzene rings is 2. The smallest absolute Gasteiger partial charge is 0.207 e. The molecule has 1 unspecified atom stereocenters. The summed E-state index contributed by atoms with van der Waals surface area (Å²) in [6.45, 7) is 5.31. The first kappa shape index (κ1) is 15.3. The van der Waals surface area contributed by atoms with Crippen molar-refractivity contribution in [1.82, 2.24) is 4.72 Å². The van der Waals surface area contributed by atoms with Crippen LogP contribution in [0.4, 0.5) is 0 Å². The number of nitrogens with one attached hydrogen (secondary N) is 1. The van der Waals surface area contributed by atoms with Crippen molar-refractivity contribution in [2.75, 3.05) is 0 Å². The fraction of sp³-hybridized carbons (Fsp3) is 0.333. The van der Waals surface area contributed by atoms with Gasteiger partial charge in [0.2, 0.25) is 10.0 Å². The highest BCUT2D eigenvalue weighted by Crippen LogP contribution is 2.25. The Labute approximate surface area is 125 Å². The minimum absolute atomic E-state index is 0.279. The normalized spacial score (nSPS) is 14.4. The molecule has 0 aliphatic rings. The number of alkyl halides is 1. The molecule has 0 heterocycles. The zero-order valence-corrected chi connectivity index (χ0v) is 13.3. The van der Waals surface area contributed by atoms with E-state index in [2.05, 4.69) is 4.72 Å². The molecule has 0 aliphatic heterocycles. The molecule has 108 valence electrons. The molecule has 0 radical (unpaired) electrons. The number of sulfonamides is 1. The van der Waals surface area contributed by atoms with Crippen LogP contribution >= 0.6 is 11.6 Å². The zero-order valence-electron chi connectivity index (χ0n) is 11.7. The molecule has 0 bridgehead atoms. The second-order valence-corrected chi connectivity index (χ2v) is 7.73. The lowest BCUT2D eigenvalue weighted by Crippen LogP contribution is -2.48. The molecule has 20 heavy (non-hydrogen) atoms. The van der Waals surface area contributed by atoms with Crippen molar-refractivity contribution in [3.8, 4) is 0 Å². The van der Waals surface area contributed by atoms with E-state index in [9.17, 15) is 8.42 Å². The number of rotatable bonds is 4. The molecule has 2 aromatic rings. The van der Waals surface area contributed by atoms with Crippen molar-refractivity contribution < 1.29 is 8.42 Å². The third-order valence-electron chi connectivity index (χ3n) is 3.43. The van der Waals surface area contributed by atoms with Gasteiger partial charge in [-0.15, -0.1) is 11.6 Å². The second kappa shape index (κ2) is 5.35. The quantitative estimate of drug-likeness (QED) is 0.878. The standard InChI is InChI=1S/C15H18ClNO2S/c1-11(16)15(2,3)17-20(18,19)14-10-6-8-12-7-4-5-9-13(12)14/h4-11,17H,1-3H3. The van der Waals surface area contributed by atoms with E-state index in [0.717, 1.165) is 5.39 Å². The molecule has 3 nitrogen and oxygen atoms in total. The topological polar surface area (TPSA) is 46.2 Å². The summed E-state index contributed by atoms with van der Waals surface area (Å²) in [5.41, 5.74) is -0.725. The van der Waals surface area contributed by atoms with Crippen molar-refractivity contribution in [2.24, 2.45) is 0 Å². The van der Waals surface area contributed by atoms with Gasteiger partial charge in [-0.2, -0.15) is 0 Å². The van der Waals surface area contributed by atoms with Gasteiger partial charge in [-0.1, -0.05) is 36.4 Å². The van der Waals surface area contributed by atoms with Crippen LogP contribution in [0.5, 0.6) is 0 Å². The summed E-state index contributed by atoms with van der Waals surface area (Å²) in [5.74, 6) is 0. The van der Waals surface area contributed by atoms with Crippen LogP contribution in [-0.4, -0.2) is 19.3 Å². The SMILES string of the molecule is CC(Cl)C(C)(C)NS(=O)(=O)c1cccc2ccccc12. The predicted octanol–water partition coefficient (Wildman–Crippen LogP) is 3.52. The summed E-state index contributed by atoms with van der Waals surface area (Å²) >= 11 is 6.05. The number of hydrogen-bond acceptors (Lipinski definition) is 2. The average molecular weight is 312 g/mol. The highest BCUT2D eigenvalue weighted by atomic mass is 35.5. The van der Waals surface area contributed by atoms with Gasteiger partial charge in [0.1, 0.15) is 0 Å². The van der Waals surface area contributed by atoms with E-state index >= 15 is 0 Å². The van der Waals surface area contributed by atoms with Crippen LogP contribution in [-0.2, 0) is 10.0 Å². The maximum atomic E-state index is 12.6. The summed E-state index contributed by atoms with van der Waals surface area (Å²) < 4.78 is 27.9. The van der Waals surface area contributed by atoms with E-state index < -0.39 is 15.6 Å². The van der Waals surface area contributed by atoms with E-state index in [-0.39, 0.29) is 10.3 Å². The Hall–Kier alpha value is -1.10. The van der Waals surface area contributed by atoms with E-state index in [1.54, 1.807) is 39.0 Å². The van der Waals surface area contributed by atoms with Crippen molar-refractivity contribution in [2.45, 2.75) is 36.6 Å². The number of hydrogen-bond donors (Lipinski definition) is 1. The minimum atomic E-state index is -3.62. The van der Waals surface area contributed by atoms with Crippen LogP contribution in [0, 0.1) is 0 Å². The predicted molar refractivity (Wildman–Crippen MR) is 83.7 cm³/mol. The molecule has 0 aliphatic carbocycles. The monoisotopic (exact) mass is 311 g/mol. The zero-order chi connectivity index (χ0) is 15.0. The molecule has 2 rings (SSSR count). The lowest BCUT2D eigenvalue weighted by molar-refractivity contribution is 0.445. The number of fused-ring (bicyclic) bond motifs is 1. The maximum Gasteiger partial charge on any atom is 0.241 e. The molecule has 0 saturated carbocycles. The van der Waals surface area contributed by atoms with Gasteiger partial charge in [0, 0.05) is 16.3 Å². The fourth-order valence-electron chi connectivity index (χ4n) is 1.91. The number of halogens is 1. The molecule has 0 amide bonds. The first-order valence-corrected chi connectivity index (χ1v) is 8.32. The van der Waals surface area contributed by atoms with E-state index in [0.29, 0.717) is 5.39 Å². The van der Waals surface area contributed by atoms with Gasteiger partial charge in [0.25, 0.3) is 0 Å². The highest BCUT2D eigenvalue weighted by molar-refractivity contribution is 7.89. The van der Waals surface area contributed by atoms with Gasteiger partial charge < -0.3 is 0 Å². The second-order valence-electron chi connectivity index (χ2n) is 5.42. The largest absolute Gasteiger partial charge is 0.241 e. The van der Waals surface area contributed by atoms with Crippen molar-refractivity contribution in [1.29, 1.82) is 0 Å². The molecule has 1 atom stereocenters. The fourth-order valence-corrected chi connectivity index (χ4v) is 3.74. The van der Waals surface area contributed by atoms with E-state index in [1.807, 2.05) is 24.3 Å². The third kappa shape index (κ3) is 2.97. The average Bonchev–Trinajstić information content (AvgIpc) is 2.36. The third-order valence-corrected chi connectivity index (χ3v) is 5.71. The van der Waals surface area contributed by atoms with Gasteiger partial charge in [-0.05, 0) is 32.2 Å². The van der Waals surface area contributed by atoms with E-state index in [4.69, 9.17) is 11.6 Å². The van der Waals surface area contributed by atoms with Gasteiger partial charge in [0.15, 0.2) is 0 Å². The van der Waals surface area contributed by atoms with Crippen molar-refractivity contribution >= 4 is 32.4 Å². The molecule has 2 aromatic carbocycles. The van der Waals surface area contributed by atoms with Crippen LogP contribution < -0.4 is 4.72 Å². The Morgan fingerprint density at radius 1 is 1.10 bits per heavy atom. The van der Waals surface area contributed by atoms with Crippen molar-refractivity contribution in [3.63, 3.8) is 0 Å². The molecular weight excluding hydrogens is 294 g/mol. The molecular formula is C15H18ClNO2S. The Kier molecular flexibility index (Phi) is 4.09. The molecule has 1 N–H and O–H groups in total. The molecule has 0 fully saturated rings. The Morgan fingerprint density at radius 3 is 2.35 bits per heavy atom. The highest BCUT2D eigenvalue weighted by Gasteiger charge is 2.31. The summed E-state index contributed by atoms with van der Waals surface area (Å²) in [5, 5.41) is 1.28. The van der Waals surface area contributed by atoms with Gasteiger partial charge in [-0.25, -0.2) is 13.1 Å². The van der Waals surface area contributed by atoms with Crippen molar-refractivity contribution in [3.05, 3.63) is 42.5 Å². The van der Waals surface area contributed by atoms with Gasteiger partial charge in [-0.3, -0.25) is 0 Å². The lowest BCUT2D eigenvalue weighted by Gasteiger charge is -2.28. The van der Waals surface area contributed by atoms with E-state index in [1.165, 1.54) is 0 Å². The summed E-state index contributed by atoms with van der Waals surface area (Å²) in [6.07, 6.45) is 0. The van der Waals surface area contributed by atoms with Gasteiger partial charge >= 0.3 is 0 Å². The van der Waals surface area contributed by atoms with Crippen LogP contribution in [0.15, 0.2) is 47.4 Å². The van der Waals surface area contributed by atoms with Crippen LogP contribution in [0.1, 0.15) is 20.8 Å². The van der Waals surface area contributed by atoms with Crippen LogP contribution in [0.2, 0.25) is 0 Å². The minimum Gasteiger partial charge on any atom is -0.207 e. The summed E-state index contributed by atoms with van der Waals surface area (Å²) in [7, 11) is -3.62. The maximum absolute atomic E-state index is 12.6.